The summed E-state index contributed by atoms with van der Waals surface area (Å²) in [5, 5.41) is 6.90. The molecule has 0 fully saturated rings. The van der Waals surface area contributed by atoms with Crippen LogP contribution in [0.2, 0.25) is 0 Å². The van der Waals surface area contributed by atoms with E-state index in [4.69, 9.17) is 9.26 Å². The van der Waals surface area contributed by atoms with Crippen LogP contribution in [-0.2, 0) is 17.8 Å². The van der Waals surface area contributed by atoms with Crippen molar-refractivity contribution in [2.75, 3.05) is 5.32 Å². The third-order valence-corrected chi connectivity index (χ3v) is 4.73. The standard InChI is InChI=1S/C22H24N2O3/c1-14-6-5-7-21(15(14)2)23-22(25)12-18-8-10-19(11-9-18)26-13-20-16(3)24-27-17(20)4/h5-11H,12-13H2,1-4H3,(H,23,25). The van der Waals surface area contributed by atoms with E-state index >= 15 is 0 Å². The van der Waals surface area contributed by atoms with Crippen LogP contribution in [-0.4, -0.2) is 11.1 Å². The summed E-state index contributed by atoms with van der Waals surface area (Å²) in [7, 11) is 0. The first-order valence-electron chi connectivity index (χ1n) is 8.93. The van der Waals surface area contributed by atoms with Gasteiger partial charge in [-0.25, -0.2) is 0 Å². The Labute approximate surface area is 159 Å². The van der Waals surface area contributed by atoms with Gasteiger partial charge in [-0.1, -0.05) is 29.4 Å². The van der Waals surface area contributed by atoms with Crippen LogP contribution >= 0.6 is 0 Å². The van der Waals surface area contributed by atoms with E-state index in [1.165, 1.54) is 0 Å². The van der Waals surface area contributed by atoms with Crippen LogP contribution < -0.4 is 10.1 Å². The molecule has 0 saturated carbocycles. The van der Waals surface area contributed by atoms with Crippen molar-refractivity contribution in [1.82, 2.24) is 5.16 Å². The molecule has 140 valence electrons. The fraction of sp³-hybridized carbons (Fsp3) is 0.273. The molecule has 0 unspecified atom stereocenters. The Morgan fingerprint density at radius 3 is 2.48 bits per heavy atom. The summed E-state index contributed by atoms with van der Waals surface area (Å²) in [4.78, 5) is 12.3. The van der Waals surface area contributed by atoms with Crippen molar-refractivity contribution in [2.24, 2.45) is 0 Å². The van der Waals surface area contributed by atoms with E-state index in [-0.39, 0.29) is 5.91 Å². The molecule has 0 aliphatic carbocycles. The van der Waals surface area contributed by atoms with Gasteiger partial charge in [-0.05, 0) is 62.6 Å². The van der Waals surface area contributed by atoms with E-state index in [1.807, 2.05) is 70.2 Å². The predicted octanol–water partition coefficient (Wildman–Crippen LogP) is 4.67. The first kappa shape index (κ1) is 18.7. The number of carbonyl (C=O) groups is 1. The summed E-state index contributed by atoms with van der Waals surface area (Å²) >= 11 is 0. The van der Waals surface area contributed by atoms with Crippen molar-refractivity contribution in [2.45, 2.75) is 40.7 Å². The molecule has 0 spiro atoms. The van der Waals surface area contributed by atoms with Crippen LogP contribution in [0.25, 0.3) is 0 Å². The van der Waals surface area contributed by atoms with E-state index in [0.29, 0.717) is 13.0 Å². The fourth-order valence-electron chi connectivity index (χ4n) is 2.83. The van der Waals surface area contributed by atoms with Crippen molar-refractivity contribution in [3.05, 3.63) is 76.2 Å². The van der Waals surface area contributed by atoms with Gasteiger partial charge in [0.25, 0.3) is 0 Å². The lowest BCUT2D eigenvalue weighted by molar-refractivity contribution is -0.115. The molecule has 1 heterocycles. The third-order valence-electron chi connectivity index (χ3n) is 4.73. The van der Waals surface area contributed by atoms with Gasteiger partial charge in [0.1, 0.15) is 18.1 Å². The second kappa shape index (κ2) is 8.08. The maximum atomic E-state index is 12.3. The lowest BCUT2D eigenvalue weighted by atomic mass is 10.1. The molecule has 0 aliphatic rings. The van der Waals surface area contributed by atoms with Crippen molar-refractivity contribution < 1.29 is 14.1 Å². The lowest BCUT2D eigenvalue weighted by Crippen LogP contribution is -2.15. The number of hydrogen-bond donors (Lipinski definition) is 1. The number of benzene rings is 2. The smallest absolute Gasteiger partial charge is 0.228 e. The molecule has 0 atom stereocenters. The average Bonchev–Trinajstić information content (AvgIpc) is 2.96. The van der Waals surface area contributed by atoms with Gasteiger partial charge in [-0.15, -0.1) is 0 Å². The van der Waals surface area contributed by atoms with E-state index in [9.17, 15) is 4.79 Å². The minimum atomic E-state index is -0.0342. The minimum absolute atomic E-state index is 0.0342. The maximum absolute atomic E-state index is 12.3. The van der Waals surface area contributed by atoms with Crippen LogP contribution in [0, 0.1) is 27.7 Å². The molecule has 0 radical (unpaired) electrons. The Hall–Kier alpha value is -3.08. The van der Waals surface area contributed by atoms with Gasteiger partial charge in [0, 0.05) is 5.69 Å². The highest BCUT2D eigenvalue weighted by molar-refractivity contribution is 5.93. The number of ether oxygens (including phenoxy) is 1. The number of aryl methyl sites for hydroxylation is 3. The molecule has 5 heteroatoms. The first-order chi connectivity index (χ1) is 12.9. The van der Waals surface area contributed by atoms with Crippen molar-refractivity contribution in [1.29, 1.82) is 0 Å². The molecule has 1 N–H and O–H groups in total. The van der Waals surface area contributed by atoms with Crippen LogP contribution in [0.4, 0.5) is 5.69 Å². The molecule has 27 heavy (non-hydrogen) atoms. The monoisotopic (exact) mass is 364 g/mol. The van der Waals surface area contributed by atoms with Crippen molar-refractivity contribution >= 4 is 11.6 Å². The fourth-order valence-corrected chi connectivity index (χ4v) is 2.83. The normalized spacial score (nSPS) is 10.7. The molecule has 1 amide bonds. The SMILES string of the molecule is Cc1cccc(NC(=O)Cc2ccc(OCc3c(C)noc3C)cc2)c1C. The molecule has 5 nitrogen and oxygen atoms in total. The molecule has 1 aromatic heterocycles. The number of anilines is 1. The molecule has 3 aromatic rings. The summed E-state index contributed by atoms with van der Waals surface area (Å²) in [5.41, 5.74) is 5.85. The number of carbonyl (C=O) groups excluding carboxylic acids is 1. The first-order valence-corrected chi connectivity index (χ1v) is 8.93. The van der Waals surface area contributed by atoms with Crippen LogP contribution in [0.5, 0.6) is 5.75 Å². The Balaban J connectivity index is 1.57. The number of amides is 1. The molecule has 2 aromatic carbocycles. The number of hydrogen-bond acceptors (Lipinski definition) is 4. The van der Waals surface area contributed by atoms with Crippen LogP contribution in [0.3, 0.4) is 0 Å². The highest BCUT2D eigenvalue weighted by atomic mass is 16.5. The van der Waals surface area contributed by atoms with E-state index in [1.54, 1.807) is 0 Å². The number of aromatic nitrogens is 1. The summed E-state index contributed by atoms with van der Waals surface area (Å²) < 4.78 is 10.9. The highest BCUT2D eigenvalue weighted by Gasteiger charge is 2.10. The second-order valence-electron chi connectivity index (χ2n) is 6.71. The van der Waals surface area contributed by atoms with Gasteiger partial charge < -0.3 is 14.6 Å². The quantitative estimate of drug-likeness (QED) is 0.690. The third kappa shape index (κ3) is 4.56. The maximum Gasteiger partial charge on any atom is 0.228 e. The summed E-state index contributed by atoms with van der Waals surface area (Å²) in [5.74, 6) is 1.48. The Morgan fingerprint density at radius 1 is 1.07 bits per heavy atom. The number of nitrogens with zero attached hydrogens (tertiary/aromatic N) is 1. The Kier molecular flexibility index (Phi) is 5.60. The molecular weight excluding hydrogens is 340 g/mol. The zero-order chi connectivity index (χ0) is 19.4. The largest absolute Gasteiger partial charge is 0.489 e. The van der Waals surface area contributed by atoms with Gasteiger partial charge in [-0.3, -0.25) is 4.79 Å². The highest BCUT2D eigenvalue weighted by Crippen LogP contribution is 2.20. The van der Waals surface area contributed by atoms with Gasteiger partial charge in [-0.2, -0.15) is 0 Å². The number of nitrogens with one attached hydrogen (secondary N) is 1. The molecule has 0 saturated heterocycles. The lowest BCUT2D eigenvalue weighted by Gasteiger charge is -2.11. The summed E-state index contributed by atoms with van der Waals surface area (Å²) in [6.07, 6.45) is 0.317. The minimum Gasteiger partial charge on any atom is -0.489 e. The number of rotatable bonds is 6. The van der Waals surface area contributed by atoms with Gasteiger partial charge in [0.15, 0.2) is 0 Å². The molecule has 0 aliphatic heterocycles. The van der Waals surface area contributed by atoms with E-state index < -0.39 is 0 Å². The van der Waals surface area contributed by atoms with Crippen molar-refractivity contribution in [3.63, 3.8) is 0 Å². The summed E-state index contributed by atoms with van der Waals surface area (Å²) in [6, 6.07) is 13.5. The molecule has 0 bridgehead atoms. The van der Waals surface area contributed by atoms with Gasteiger partial charge in [0.05, 0.1) is 17.7 Å². The van der Waals surface area contributed by atoms with E-state index in [0.717, 1.165) is 45.1 Å². The second-order valence-corrected chi connectivity index (χ2v) is 6.71. The predicted molar refractivity (Wildman–Crippen MR) is 105 cm³/mol. The Morgan fingerprint density at radius 2 is 1.81 bits per heavy atom. The van der Waals surface area contributed by atoms with E-state index in [2.05, 4.69) is 10.5 Å². The Bertz CT molecular complexity index is 923. The molecule has 3 rings (SSSR count). The van der Waals surface area contributed by atoms with Crippen LogP contribution in [0.1, 0.15) is 33.7 Å². The zero-order valence-electron chi connectivity index (χ0n) is 16.1. The van der Waals surface area contributed by atoms with Crippen LogP contribution in [0.15, 0.2) is 47.0 Å². The summed E-state index contributed by atoms with van der Waals surface area (Å²) in [6.45, 7) is 8.22. The van der Waals surface area contributed by atoms with Gasteiger partial charge >= 0.3 is 0 Å². The topological polar surface area (TPSA) is 64.4 Å². The average molecular weight is 364 g/mol. The van der Waals surface area contributed by atoms with Crippen molar-refractivity contribution in [3.8, 4) is 5.75 Å². The zero-order valence-corrected chi connectivity index (χ0v) is 16.1. The molecular formula is C22H24N2O3. The van der Waals surface area contributed by atoms with Gasteiger partial charge in [0.2, 0.25) is 5.91 Å².